The number of nitrogens with zero attached hydrogens (tertiary/aromatic N) is 3. The summed E-state index contributed by atoms with van der Waals surface area (Å²) in [5, 5.41) is 9.50. The maximum Gasteiger partial charge on any atom is 0.246 e. The molecule has 0 bridgehead atoms. The van der Waals surface area contributed by atoms with Crippen LogP contribution in [-0.4, -0.2) is 41.5 Å². The molecule has 0 aliphatic carbocycles. The van der Waals surface area contributed by atoms with Gasteiger partial charge in [0, 0.05) is 44.3 Å². The molecule has 0 spiro atoms. The van der Waals surface area contributed by atoms with Gasteiger partial charge in [-0.25, -0.2) is 8.42 Å². The van der Waals surface area contributed by atoms with Crippen LogP contribution in [0.2, 0.25) is 0 Å². The van der Waals surface area contributed by atoms with Crippen LogP contribution in [0.25, 0.3) is 0 Å². The van der Waals surface area contributed by atoms with Gasteiger partial charge in [-0.05, 0) is 13.0 Å². The number of nitrogens with one attached hydrogen (secondary N) is 2. The Hall–Kier alpha value is -1.93. The van der Waals surface area contributed by atoms with Gasteiger partial charge < -0.3 is 5.32 Å². The second-order valence-corrected chi connectivity index (χ2v) is 6.28. The number of anilines is 1. The Kier molecular flexibility index (Phi) is 4.35. The maximum atomic E-state index is 12.6. The molecule has 8 heteroatoms. The molecule has 0 aliphatic heterocycles. The van der Waals surface area contributed by atoms with Crippen LogP contribution in [0.4, 0.5) is 5.69 Å². The quantitative estimate of drug-likeness (QED) is 0.831. The molecule has 0 saturated heterocycles. The highest BCUT2D eigenvalue weighted by Crippen LogP contribution is 2.23. The third-order valence-electron chi connectivity index (χ3n) is 2.80. The number of rotatable bonds is 6. The molecular weight excluding hydrogens is 278 g/mol. The first-order chi connectivity index (χ1) is 9.55. The Morgan fingerprint density at radius 3 is 2.85 bits per heavy atom. The second-order valence-electron chi connectivity index (χ2n) is 4.27. The van der Waals surface area contributed by atoms with Crippen molar-refractivity contribution in [3.8, 4) is 0 Å². The van der Waals surface area contributed by atoms with E-state index >= 15 is 0 Å². The summed E-state index contributed by atoms with van der Waals surface area (Å²) in [5.41, 5.74) is 1.35. The van der Waals surface area contributed by atoms with Crippen molar-refractivity contribution >= 4 is 15.7 Å². The molecule has 0 fully saturated rings. The van der Waals surface area contributed by atoms with Crippen molar-refractivity contribution in [3.05, 3.63) is 36.4 Å². The molecule has 0 aliphatic rings. The van der Waals surface area contributed by atoms with Gasteiger partial charge >= 0.3 is 0 Å². The highest BCUT2D eigenvalue weighted by Gasteiger charge is 2.24. The predicted octanol–water partition coefficient (Wildman–Crippen LogP) is 1.06. The maximum absolute atomic E-state index is 12.6. The van der Waals surface area contributed by atoms with Crippen molar-refractivity contribution < 1.29 is 8.42 Å². The number of aromatic amines is 1. The molecule has 0 saturated carbocycles. The summed E-state index contributed by atoms with van der Waals surface area (Å²) in [7, 11) is -2.07. The van der Waals surface area contributed by atoms with Crippen LogP contribution in [0.5, 0.6) is 0 Å². The van der Waals surface area contributed by atoms with Crippen LogP contribution in [0.3, 0.4) is 0 Å². The molecule has 108 valence electrons. The first-order valence-electron chi connectivity index (χ1n) is 6.17. The lowest BCUT2D eigenvalue weighted by Gasteiger charge is -2.18. The van der Waals surface area contributed by atoms with Crippen LogP contribution >= 0.6 is 0 Å². The minimum atomic E-state index is -3.60. The average molecular weight is 295 g/mol. The fourth-order valence-electron chi connectivity index (χ4n) is 1.80. The van der Waals surface area contributed by atoms with Crippen molar-refractivity contribution in [2.45, 2.75) is 18.4 Å². The zero-order valence-electron chi connectivity index (χ0n) is 11.4. The molecule has 0 amide bonds. The first-order valence-corrected chi connectivity index (χ1v) is 7.61. The highest BCUT2D eigenvalue weighted by atomic mass is 32.2. The van der Waals surface area contributed by atoms with Crippen molar-refractivity contribution in [2.75, 3.05) is 18.9 Å². The number of hydrogen-bond acceptors (Lipinski definition) is 5. The summed E-state index contributed by atoms with van der Waals surface area (Å²) in [6.07, 6.45) is 6.19. The van der Waals surface area contributed by atoms with E-state index in [1.165, 1.54) is 17.5 Å². The van der Waals surface area contributed by atoms with Gasteiger partial charge in [-0.1, -0.05) is 0 Å². The van der Waals surface area contributed by atoms with E-state index in [4.69, 9.17) is 0 Å². The number of H-pyrrole nitrogens is 1. The van der Waals surface area contributed by atoms with E-state index in [1.54, 1.807) is 24.7 Å². The van der Waals surface area contributed by atoms with Crippen molar-refractivity contribution in [3.63, 3.8) is 0 Å². The van der Waals surface area contributed by atoms with Gasteiger partial charge in [-0.15, -0.1) is 0 Å². The summed E-state index contributed by atoms with van der Waals surface area (Å²) < 4.78 is 26.4. The van der Waals surface area contributed by atoms with E-state index in [0.29, 0.717) is 12.2 Å². The molecule has 2 aromatic heterocycles. The average Bonchev–Trinajstić information content (AvgIpc) is 2.92. The number of aromatic nitrogens is 3. The Bertz CT molecular complexity index is 654. The molecule has 0 unspecified atom stereocenters. The summed E-state index contributed by atoms with van der Waals surface area (Å²) in [4.78, 5) is 4.08. The standard InChI is InChI=1S/C12H17N5O2S/c1-3-14-11-4-5-13-8-12(11)20(18,19)17(2)9-10-6-15-16-7-10/h4-8H,3,9H2,1-2H3,(H,13,14)(H,15,16). The minimum Gasteiger partial charge on any atom is -0.384 e. The lowest BCUT2D eigenvalue weighted by molar-refractivity contribution is 0.467. The smallest absolute Gasteiger partial charge is 0.246 e. The van der Waals surface area contributed by atoms with Gasteiger partial charge in [-0.3, -0.25) is 10.1 Å². The Labute approximate surface area is 118 Å². The molecule has 20 heavy (non-hydrogen) atoms. The van der Waals surface area contributed by atoms with E-state index in [2.05, 4.69) is 20.5 Å². The largest absolute Gasteiger partial charge is 0.384 e. The number of sulfonamides is 1. The van der Waals surface area contributed by atoms with Gasteiger partial charge in [0.15, 0.2) is 0 Å². The van der Waals surface area contributed by atoms with Gasteiger partial charge in [0.2, 0.25) is 10.0 Å². The minimum absolute atomic E-state index is 0.174. The summed E-state index contributed by atoms with van der Waals surface area (Å²) in [6.45, 7) is 2.79. The zero-order chi connectivity index (χ0) is 14.6. The molecule has 2 N–H and O–H groups in total. The van der Waals surface area contributed by atoms with Crippen LogP contribution in [0, 0.1) is 0 Å². The van der Waals surface area contributed by atoms with Gasteiger partial charge in [-0.2, -0.15) is 9.40 Å². The third kappa shape index (κ3) is 2.97. The fourth-order valence-corrected chi connectivity index (χ4v) is 3.06. The normalized spacial score (nSPS) is 11.8. The lowest BCUT2D eigenvalue weighted by atomic mass is 10.4. The first kappa shape index (κ1) is 14.5. The third-order valence-corrected chi connectivity index (χ3v) is 4.63. The van der Waals surface area contributed by atoms with E-state index in [1.807, 2.05) is 6.92 Å². The number of hydrogen-bond donors (Lipinski definition) is 2. The Morgan fingerprint density at radius 2 is 2.20 bits per heavy atom. The van der Waals surface area contributed by atoms with E-state index in [-0.39, 0.29) is 11.4 Å². The highest BCUT2D eigenvalue weighted by molar-refractivity contribution is 7.89. The molecule has 2 rings (SSSR count). The molecular formula is C12H17N5O2S. The van der Waals surface area contributed by atoms with E-state index in [9.17, 15) is 8.42 Å². The summed E-state index contributed by atoms with van der Waals surface area (Å²) >= 11 is 0. The summed E-state index contributed by atoms with van der Waals surface area (Å²) in [6, 6.07) is 1.65. The van der Waals surface area contributed by atoms with Crippen LogP contribution in [0.15, 0.2) is 35.7 Å². The predicted molar refractivity (Wildman–Crippen MR) is 75.6 cm³/mol. The number of pyridine rings is 1. The summed E-state index contributed by atoms with van der Waals surface area (Å²) in [5.74, 6) is 0. The topological polar surface area (TPSA) is 91.0 Å². The molecule has 2 heterocycles. The van der Waals surface area contributed by atoms with Crippen LogP contribution in [-0.2, 0) is 16.6 Å². The molecule has 0 aromatic carbocycles. The van der Waals surface area contributed by atoms with Gasteiger partial charge in [0.25, 0.3) is 0 Å². The van der Waals surface area contributed by atoms with Gasteiger partial charge in [0.1, 0.15) is 4.90 Å². The Morgan fingerprint density at radius 1 is 1.40 bits per heavy atom. The van der Waals surface area contributed by atoms with Crippen LogP contribution in [0.1, 0.15) is 12.5 Å². The van der Waals surface area contributed by atoms with Gasteiger partial charge in [0.05, 0.1) is 11.9 Å². The van der Waals surface area contributed by atoms with Crippen molar-refractivity contribution in [2.24, 2.45) is 0 Å². The monoisotopic (exact) mass is 295 g/mol. The van der Waals surface area contributed by atoms with E-state index < -0.39 is 10.0 Å². The van der Waals surface area contributed by atoms with Crippen molar-refractivity contribution in [1.82, 2.24) is 19.5 Å². The molecule has 0 atom stereocenters. The Balaban J connectivity index is 2.30. The lowest BCUT2D eigenvalue weighted by Crippen LogP contribution is -2.27. The zero-order valence-corrected chi connectivity index (χ0v) is 12.2. The van der Waals surface area contributed by atoms with Crippen molar-refractivity contribution in [1.29, 1.82) is 0 Å². The molecule has 0 radical (unpaired) electrons. The molecule has 2 aromatic rings. The van der Waals surface area contributed by atoms with Crippen LogP contribution < -0.4 is 5.32 Å². The van der Waals surface area contributed by atoms with E-state index in [0.717, 1.165) is 5.56 Å². The second kappa shape index (κ2) is 6.02. The fraction of sp³-hybridized carbons (Fsp3) is 0.333. The molecule has 7 nitrogen and oxygen atoms in total. The SMILES string of the molecule is CCNc1ccncc1S(=O)(=O)N(C)Cc1cn[nH]c1.